The van der Waals surface area contributed by atoms with E-state index in [2.05, 4.69) is 21.2 Å². The number of carbonyl (C=O) groups excluding carboxylic acids is 2. The SMILES string of the molecule is CC[C@H](C)NC(=O)[C@@H](C)N(Cc1cccc(Br)c1)C(=O)CN(c1ccc(Cl)c(C(F)(F)F)c1)S(C)(=O)=O. The molecule has 37 heavy (non-hydrogen) atoms. The third kappa shape index (κ3) is 8.61. The van der Waals surface area contributed by atoms with Gasteiger partial charge in [-0.15, -0.1) is 0 Å². The molecule has 0 heterocycles. The topological polar surface area (TPSA) is 86.8 Å². The number of hydrogen-bond acceptors (Lipinski definition) is 4. The largest absolute Gasteiger partial charge is 0.417 e. The van der Waals surface area contributed by atoms with E-state index in [1.54, 1.807) is 31.2 Å². The summed E-state index contributed by atoms with van der Waals surface area (Å²) in [5.74, 6) is -1.23. The van der Waals surface area contributed by atoms with Crippen molar-refractivity contribution in [1.29, 1.82) is 0 Å². The molecule has 0 saturated carbocycles. The fraction of sp³-hybridized carbons (Fsp3) is 0.417. The number of alkyl halides is 3. The highest BCUT2D eigenvalue weighted by Gasteiger charge is 2.35. The van der Waals surface area contributed by atoms with E-state index in [0.29, 0.717) is 22.4 Å². The molecule has 0 aromatic heterocycles. The lowest BCUT2D eigenvalue weighted by Crippen LogP contribution is -2.52. The Bertz CT molecular complexity index is 1240. The Morgan fingerprint density at radius 3 is 2.32 bits per heavy atom. The average Bonchev–Trinajstić information content (AvgIpc) is 2.79. The molecule has 2 aromatic rings. The van der Waals surface area contributed by atoms with E-state index < -0.39 is 51.2 Å². The predicted octanol–water partition coefficient (Wildman–Crippen LogP) is 5.22. The minimum Gasteiger partial charge on any atom is -0.352 e. The maximum Gasteiger partial charge on any atom is 0.417 e. The van der Waals surface area contributed by atoms with E-state index in [1.807, 2.05) is 6.92 Å². The van der Waals surface area contributed by atoms with Crippen LogP contribution in [0.25, 0.3) is 0 Å². The first-order valence-electron chi connectivity index (χ1n) is 11.2. The third-order valence-corrected chi connectivity index (χ3v) is 7.60. The van der Waals surface area contributed by atoms with Crippen LogP contribution in [0.15, 0.2) is 46.9 Å². The number of carbonyl (C=O) groups is 2. The molecular formula is C24H28BrClF3N3O4S. The van der Waals surface area contributed by atoms with E-state index in [0.717, 1.165) is 22.9 Å². The summed E-state index contributed by atoms with van der Waals surface area (Å²) in [6.07, 6.45) is -3.41. The highest BCUT2D eigenvalue weighted by atomic mass is 79.9. The fourth-order valence-electron chi connectivity index (χ4n) is 3.38. The Kier molecular flexibility index (Phi) is 10.4. The normalized spacial score (nSPS) is 13.5. The van der Waals surface area contributed by atoms with Crippen LogP contribution in [0.5, 0.6) is 0 Å². The molecule has 13 heteroatoms. The van der Waals surface area contributed by atoms with Gasteiger partial charge in [-0.3, -0.25) is 13.9 Å². The molecule has 0 aliphatic heterocycles. The summed E-state index contributed by atoms with van der Waals surface area (Å²) < 4.78 is 66.7. The van der Waals surface area contributed by atoms with Gasteiger partial charge >= 0.3 is 6.18 Å². The lowest BCUT2D eigenvalue weighted by atomic mass is 10.1. The van der Waals surface area contributed by atoms with E-state index in [9.17, 15) is 31.2 Å². The maximum absolute atomic E-state index is 13.5. The van der Waals surface area contributed by atoms with Gasteiger partial charge in [0.2, 0.25) is 21.8 Å². The van der Waals surface area contributed by atoms with Gasteiger partial charge in [-0.25, -0.2) is 8.42 Å². The molecule has 7 nitrogen and oxygen atoms in total. The number of sulfonamides is 1. The number of benzene rings is 2. The van der Waals surface area contributed by atoms with Gasteiger partial charge in [0, 0.05) is 17.1 Å². The molecule has 0 unspecified atom stereocenters. The van der Waals surface area contributed by atoms with Crippen LogP contribution in [0.2, 0.25) is 5.02 Å². The van der Waals surface area contributed by atoms with Crippen molar-refractivity contribution in [2.45, 2.75) is 52.0 Å². The number of halogens is 5. The van der Waals surface area contributed by atoms with Crippen LogP contribution in [0.1, 0.15) is 38.3 Å². The number of rotatable bonds is 10. The van der Waals surface area contributed by atoms with Crippen LogP contribution in [0, 0.1) is 0 Å². The minimum absolute atomic E-state index is 0.0423. The molecule has 0 fully saturated rings. The quantitative estimate of drug-likeness (QED) is 0.392. The van der Waals surface area contributed by atoms with Crippen molar-refractivity contribution in [2.75, 3.05) is 17.1 Å². The summed E-state index contributed by atoms with van der Waals surface area (Å²) in [7, 11) is -4.20. The van der Waals surface area contributed by atoms with Crippen molar-refractivity contribution < 1.29 is 31.2 Å². The van der Waals surface area contributed by atoms with Crippen LogP contribution in [-0.4, -0.2) is 50.0 Å². The van der Waals surface area contributed by atoms with Gasteiger partial charge in [-0.1, -0.05) is 46.6 Å². The van der Waals surface area contributed by atoms with Crippen molar-refractivity contribution in [1.82, 2.24) is 10.2 Å². The van der Waals surface area contributed by atoms with E-state index in [1.165, 1.54) is 11.8 Å². The molecule has 2 amide bonds. The maximum atomic E-state index is 13.5. The zero-order valence-electron chi connectivity index (χ0n) is 20.6. The van der Waals surface area contributed by atoms with E-state index >= 15 is 0 Å². The van der Waals surface area contributed by atoms with E-state index in [-0.39, 0.29) is 18.3 Å². The second kappa shape index (κ2) is 12.5. The first kappa shape index (κ1) is 30.9. The van der Waals surface area contributed by atoms with Crippen molar-refractivity contribution in [2.24, 2.45) is 0 Å². The van der Waals surface area contributed by atoms with Crippen molar-refractivity contribution in [3.05, 3.63) is 63.1 Å². The van der Waals surface area contributed by atoms with Gasteiger partial charge in [0.1, 0.15) is 12.6 Å². The molecule has 0 aliphatic rings. The third-order valence-electron chi connectivity index (χ3n) is 5.63. The van der Waals surface area contributed by atoms with Gasteiger partial charge in [0.05, 0.1) is 22.5 Å². The van der Waals surface area contributed by atoms with Crippen LogP contribution >= 0.6 is 27.5 Å². The van der Waals surface area contributed by atoms with Gasteiger partial charge in [0.25, 0.3) is 0 Å². The molecule has 0 aliphatic carbocycles. The second-order valence-corrected chi connectivity index (χ2v) is 11.8. The minimum atomic E-state index is -4.84. The smallest absolute Gasteiger partial charge is 0.352 e. The Morgan fingerprint density at radius 2 is 1.78 bits per heavy atom. The highest BCUT2D eigenvalue weighted by Crippen LogP contribution is 2.37. The number of hydrogen-bond donors (Lipinski definition) is 1. The Labute approximate surface area is 228 Å². The molecule has 2 aromatic carbocycles. The summed E-state index contributed by atoms with van der Waals surface area (Å²) >= 11 is 9.03. The lowest BCUT2D eigenvalue weighted by molar-refractivity contribution is -0.139. The highest BCUT2D eigenvalue weighted by molar-refractivity contribution is 9.10. The zero-order chi connectivity index (χ0) is 28.1. The molecule has 0 saturated heterocycles. The number of anilines is 1. The average molecular weight is 627 g/mol. The van der Waals surface area contributed by atoms with Crippen molar-refractivity contribution in [3.63, 3.8) is 0 Å². The standard InChI is InChI=1S/C24H28BrClF3N3O4S/c1-5-15(2)30-23(34)16(3)31(13-17-7-6-8-18(25)11-17)22(33)14-32(37(4,35)36)19-9-10-21(26)20(12-19)24(27,28)29/h6-12,15-16H,5,13-14H2,1-4H3,(H,30,34)/t15-,16+/m0/s1. The monoisotopic (exact) mass is 625 g/mol. The van der Waals surface area contributed by atoms with Crippen LogP contribution in [-0.2, 0) is 32.3 Å². The zero-order valence-corrected chi connectivity index (χ0v) is 23.8. The summed E-state index contributed by atoms with van der Waals surface area (Å²) in [6, 6.07) is 8.40. The molecule has 0 radical (unpaired) electrons. The fourth-order valence-corrected chi connectivity index (χ4v) is 4.89. The summed E-state index contributed by atoms with van der Waals surface area (Å²) in [5.41, 5.74) is -0.964. The molecule has 2 rings (SSSR count). The summed E-state index contributed by atoms with van der Waals surface area (Å²) in [5, 5.41) is 2.19. The van der Waals surface area contributed by atoms with Crippen LogP contribution in [0.4, 0.5) is 18.9 Å². The molecule has 0 bridgehead atoms. The van der Waals surface area contributed by atoms with Crippen molar-refractivity contribution >= 4 is 55.1 Å². The Hall–Kier alpha value is -2.31. The van der Waals surface area contributed by atoms with Gasteiger partial charge in [0.15, 0.2) is 0 Å². The van der Waals surface area contributed by atoms with Crippen LogP contribution < -0.4 is 9.62 Å². The summed E-state index contributed by atoms with van der Waals surface area (Å²) in [4.78, 5) is 27.6. The second-order valence-electron chi connectivity index (χ2n) is 8.58. The molecule has 2 atom stereocenters. The van der Waals surface area contributed by atoms with Gasteiger partial charge < -0.3 is 10.2 Å². The first-order chi connectivity index (χ1) is 17.0. The van der Waals surface area contributed by atoms with Crippen LogP contribution in [0.3, 0.4) is 0 Å². The molecule has 0 spiro atoms. The molecule has 1 N–H and O–H groups in total. The van der Waals surface area contributed by atoms with Gasteiger partial charge in [-0.05, 0) is 56.2 Å². The predicted molar refractivity (Wildman–Crippen MR) is 141 cm³/mol. The number of nitrogens with one attached hydrogen (secondary N) is 1. The number of nitrogens with zero attached hydrogens (tertiary/aromatic N) is 2. The van der Waals surface area contributed by atoms with Crippen molar-refractivity contribution in [3.8, 4) is 0 Å². The Morgan fingerprint density at radius 1 is 1.14 bits per heavy atom. The van der Waals surface area contributed by atoms with Gasteiger partial charge in [-0.2, -0.15) is 13.2 Å². The number of amides is 2. The Balaban J connectivity index is 2.48. The first-order valence-corrected chi connectivity index (χ1v) is 14.2. The molecule has 204 valence electrons. The lowest BCUT2D eigenvalue weighted by Gasteiger charge is -2.32. The van der Waals surface area contributed by atoms with E-state index in [4.69, 9.17) is 11.6 Å². The molecular weight excluding hydrogens is 599 g/mol. The summed E-state index contributed by atoms with van der Waals surface area (Å²) in [6.45, 7) is 4.31.